The van der Waals surface area contributed by atoms with Crippen molar-refractivity contribution in [1.82, 2.24) is 0 Å². The number of carboxylic acid groups (broad SMARTS) is 1. The maximum atomic E-state index is 12.5. The summed E-state index contributed by atoms with van der Waals surface area (Å²) in [6.07, 6.45) is 0. The van der Waals surface area contributed by atoms with Gasteiger partial charge in [-0.1, -0.05) is 340 Å². The van der Waals surface area contributed by atoms with E-state index in [0.29, 0.717) is 21.3 Å². The lowest BCUT2D eigenvalue weighted by atomic mass is 9.75. The molecule has 11 nitrogen and oxygen atoms in total. The molecular weight excluding hydrogens is 2260 g/mol. The minimum Gasteiger partial charge on any atom is -0.481 e. The first-order valence-corrected chi connectivity index (χ1v) is 51.6. The van der Waals surface area contributed by atoms with Crippen LogP contribution in [0.5, 0.6) is 0 Å². The Morgan fingerprint density at radius 1 is 0.402 bits per heavy atom. The molecule has 0 aliphatic rings. The Hall–Kier alpha value is -6.59. The first-order valence-electron chi connectivity index (χ1n) is 38.3. The average Bonchev–Trinajstić information content (AvgIpc) is 1.62. The highest BCUT2D eigenvalue weighted by Crippen LogP contribution is 2.48. The van der Waals surface area contributed by atoms with E-state index in [1.165, 1.54) is 88.8 Å². The minimum absolute atomic E-state index is 0.415. The molecule has 2 aromatic heterocycles. The molecule has 0 saturated carbocycles. The van der Waals surface area contributed by atoms with E-state index in [-0.39, 0.29) is 0 Å². The maximum absolute atomic E-state index is 12.5. The van der Waals surface area contributed by atoms with Gasteiger partial charge in [-0.25, -0.2) is 0 Å². The lowest BCUT2D eigenvalue weighted by Gasteiger charge is -2.15. The molecule has 0 fully saturated rings. The topological polar surface area (TPSA) is 210 Å². The van der Waals surface area contributed by atoms with Gasteiger partial charge in [-0.05, 0) is 257 Å². The predicted octanol–water partition coefficient (Wildman–Crippen LogP) is 33.7. The van der Waals surface area contributed by atoms with Crippen LogP contribution in [0, 0.1) is 3.57 Å². The number of hydrogen-bond acceptors (Lipinski definition) is 12. The smallest absolute Gasteiger partial charge is 0.481 e. The van der Waals surface area contributed by atoms with E-state index in [1.807, 2.05) is 152 Å². The third-order valence-corrected chi connectivity index (χ3v) is 29.2. The average molecular weight is 2340 g/mol. The number of rotatable bonds is 14. The van der Waals surface area contributed by atoms with Crippen LogP contribution >= 0.6 is 206 Å². The van der Waals surface area contributed by atoms with Crippen LogP contribution in [0.4, 0.5) is 0 Å². The van der Waals surface area contributed by atoms with Crippen LogP contribution in [-0.4, -0.2) is 77.7 Å². The highest BCUT2D eigenvalue weighted by atomic mass is 127. The molecule has 0 spiro atoms. The number of hydrogen-bond donors (Lipinski definition) is 7. The van der Waals surface area contributed by atoms with Crippen molar-refractivity contribution in [2.45, 2.75) is 42.4 Å². The van der Waals surface area contributed by atoms with Crippen molar-refractivity contribution < 1.29 is 52.2 Å². The quantitative estimate of drug-likeness (QED) is 0.0135. The van der Waals surface area contributed by atoms with Gasteiger partial charge in [-0.15, -0.1) is 46.2 Å². The molecular formula is C98H78BBr5Cl5IO11S6. The summed E-state index contributed by atoms with van der Waals surface area (Å²) in [4.78, 5) is 12.5. The monoisotopic (exact) mass is 2330 g/mol. The predicted molar refractivity (Wildman–Crippen MR) is 571 cm³/mol. The molecule has 15 aromatic carbocycles. The van der Waals surface area contributed by atoms with Gasteiger partial charge in [0.2, 0.25) is 0 Å². The molecule has 0 saturated heterocycles. The number of halogens is 11. The maximum Gasteiger partial charge on any atom is 0.489 e. The van der Waals surface area contributed by atoms with Crippen LogP contribution in [-0.2, 0) is 26.0 Å². The molecule has 0 aliphatic carbocycles. The third-order valence-electron chi connectivity index (χ3n) is 18.2. The molecule has 0 bridgehead atoms. The van der Waals surface area contributed by atoms with Crippen molar-refractivity contribution in [2.24, 2.45) is 0 Å². The Kier molecular flexibility index (Phi) is 42.6. The second kappa shape index (κ2) is 52.0. The number of carbonyl (C=O) groups is 1. The summed E-state index contributed by atoms with van der Waals surface area (Å²) < 4.78 is 55.6. The number of thioether (sulfide) groups is 2. The lowest BCUT2D eigenvalue weighted by molar-refractivity contribution is -0.176. The van der Waals surface area contributed by atoms with Crippen LogP contribution in [0.3, 0.4) is 0 Å². The minimum atomic E-state index is -4.67. The second-order valence-corrected chi connectivity index (χ2v) is 41.9. The van der Waals surface area contributed by atoms with Gasteiger partial charge in [0.05, 0.1) is 30.2 Å². The van der Waals surface area contributed by atoms with Gasteiger partial charge in [0.1, 0.15) is 0 Å². The van der Waals surface area contributed by atoms with Crippen LogP contribution < -0.4 is 5.46 Å². The molecule has 29 heteroatoms. The summed E-state index contributed by atoms with van der Waals surface area (Å²) in [7, 11) is -7.23. The molecule has 0 radical (unpaired) electrons. The van der Waals surface area contributed by atoms with E-state index in [1.54, 1.807) is 40.9 Å². The van der Waals surface area contributed by atoms with E-state index in [0.717, 1.165) is 104 Å². The highest BCUT2D eigenvalue weighted by Gasteiger charge is 2.21. The number of fused-ring (bicyclic) bond motifs is 6. The normalized spacial score (nSPS) is 10.8. The Morgan fingerprint density at radius 2 is 0.717 bits per heavy atom. The summed E-state index contributed by atoms with van der Waals surface area (Å²) in [6.45, 7) is 7.35. The summed E-state index contributed by atoms with van der Waals surface area (Å²) in [5.74, 6) is 1.92. The molecule has 7 N–H and O–H groups in total. The zero-order chi connectivity index (χ0) is 92.0. The zero-order valence-corrected chi connectivity index (χ0v) is 86.4. The van der Waals surface area contributed by atoms with Gasteiger partial charge in [-0.2, -0.15) is 8.42 Å². The Bertz CT molecular complexity index is 6530. The van der Waals surface area contributed by atoms with Crippen molar-refractivity contribution >= 4 is 287 Å². The van der Waals surface area contributed by atoms with Crippen LogP contribution in [0.25, 0.3) is 118 Å². The molecule has 17 aromatic rings. The first-order chi connectivity index (χ1) is 60.9. The highest BCUT2D eigenvalue weighted by molar-refractivity contribution is 14.1. The van der Waals surface area contributed by atoms with Crippen LogP contribution in [0.15, 0.2) is 359 Å². The van der Waals surface area contributed by atoms with Crippen molar-refractivity contribution in [3.63, 3.8) is 0 Å². The Balaban J connectivity index is 0.000000170. The van der Waals surface area contributed by atoms with Crippen molar-refractivity contribution in [3.05, 3.63) is 373 Å². The molecule has 1 unspecified atom stereocenters. The van der Waals surface area contributed by atoms with Gasteiger partial charge in [0.15, 0.2) is 0 Å². The van der Waals surface area contributed by atoms with Crippen molar-refractivity contribution in [1.29, 1.82) is 0 Å². The fourth-order valence-electron chi connectivity index (χ4n) is 13.0. The molecule has 2 heterocycles. The number of aliphatic carboxylic acids is 1. The van der Waals surface area contributed by atoms with Gasteiger partial charge < -0.3 is 15.2 Å². The van der Waals surface area contributed by atoms with E-state index < -0.39 is 34.3 Å². The van der Waals surface area contributed by atoms with E-state index in [9.17, 15) is 14.3 Å². The standard InChI is InChI=1S/C20H16BrClOS.C20H16BrClS.2C18H10BrClS.C12H10BClO2.C8H8BrIS.C2H4O2.H2O4S.H2O2/c1-2-24(23)20-11-8-15(21)12-19(20)18-13-16(22)9-10-17(18)14-6-4-3-5-7-14;1-2-23-20-11-8-15(21)12-19(20)18-13-16(22)9-10-17(18)14-6-4-3-5-7-14;2*19-12-6-9-16-14(10-12)17-13(11-4-2-1-3-5-11)7-8-15(20)18(17)21-16;14-10-6-7-11(12(8-10)13(15)16)9-4-2-1-3-5-9;1-2-11-8-4-3-6(9)5-7(8)10;1-2(3)4;1-5(2,3)4;1-2/h3-13H,2H2,1H3;3-13H,2H2,1H3;2*1-10H;1-8,15-16H;3-5H,2H2,1H3;1H3,(H,3,4);(H2,1,2,3,4);1-2H. The third kappa shape index (κ3) is 30.7. The van der Waals surface area contributed by atoms with E-state index in [2.05, 4.69) is 298 Å². The van der Waals surface area contributed by atoms with E-state index >= 15 is 0 Å². The Morgan fingerprint density at radius 3 is 1.10 bits per heavy atom. The SMILES string of the molecule is CC(=O)O.CCS(=O)c1ccc(Br)cc1-c1cc(Cl)ccc1-c1ccccc1.CCSc1ccc(Br)cc1-c1cc(Cl)ccc1-c1ccccc1.CCSc1ccc(Br)cc1I.Clc1ccc(-c2ccccc2)c2c1sc1ccc(Br)cc12.Clc1ccc(-c2ccccc2)c2c1sc1ccc(Br)cc12.O=S(=O)(O)O.OB(O)c1cc(Cl)ccc1-c1ccccc1.OO. The van der Waals surface area contributed by atoms with Gasteiger partial charge in [0.25, 0.3) is 5.97 Å². The van der Waals surface area contributed by atoms with Gasteiger partial charge in [0, 0.05) is 99.3 Å². The summed E-state index contributed by atoms with van der Waals surface area (Å²) in [5, 5.41) is 46.5. The zero-order valence-electron chi connectivity index (χ0n) is 67.7. The van der Waals surface area contributed by atoms with Crippen LogP contribution in [0.1, 0.15) is 27.7 Å². The van der Waals surface area contributed by atoms with Crippen molar-refractivity contribution in [2.75, 3.05) is 17.3 Å². The molecule has 652 valence electrons. The molecule has 0 aliphatic heterocycles. The molecule has 127 heavy (non-hydrogen) atoms. The molecule has 1 atom stereocenters. The number of carboxylic acids is 1. The van der Waals surface area contributed by atoms with Crippen molar-refractivity contribution in [3.8, 4) is 77.9 Å². The first kappa shape index (κ1) is 104. The largest absolute Gasteiger partial charge is 0.489 e. The molecule has 0 amide bonds. The second-order valence-electron chi connectivity index (χ2n) is 26.7. The van der Waals surface area contributed by atoms with Gasteiger partial charge in [-0.3, -0.25) is 28.6 Å². The summed E-state index contributed by atoms with van der Waals surface area (Å²) >= 11 is 58.6. The van der Waals surface area contributed by atoms with Crippen LogP contribution in [0.2, 0.25) is 25.1 Å². The summed E-state index contributed by atoms with van der Waals surface area (Å²) in [6, 6.07) is 108. The fraction of sp³-hybridized carbons (Fsp3) is 0.0714. The number of thiophene rings is 2. The van der Waals surface area contributed by atoms with E-state index in [4.69, 9.17) is 95.9 Å². The number of benzene rings is 15. The summed E-state index contributed by atoms with van der Waals surface area (Å²) in [5.41, 5.74) is 16.0. The fourth-order valence-corrected chi connectivity index (χ4v) is 21.9. The Labute approximate surface area is 838 Å². The lowest BCUT2D eigenvalue weighted by Crippen LogP contribution is -2.31. The molecule has 17 rings (SSSR count). The van der Waals surface area contributed by atoms with Gasteiger partial charge >= 0.3 is 17.5 Å².